The maximum absolute atomic E-state index is 12.7. The van der Waals surface area contributed by atoms with Crippen molar-refractivity contribution in [1.82, 2.24) is 14.8 Å². The van der Waals surface area contributed by atoms with Crippen molar-refractivity contribution in [3.8, 4) is 0 Å². The van der Waals surface area contributed by atoms with Gasteiger partial charge in [0, 0.05) is 0 Å². The van der Waals surface area contributed by atoms with Crippen LogP contribution in [0.3, 0.4) is 0 Å². The summed E-state index contributed by atoms with van der Waals surface area (Å²) in [4.78, 5) is 0. The number of benzene rings is 1. The van der Waals surface area contributed by atoms with E-state index < -0.39 is 0 Å². The zero-order valence-electron chi connectivity index (χ0n) is 8.14. The SMILES string of the molecule is CC(c1ccc(F)cc1)n1cn[nH]c1=S. The normalized spacial score (nSPS) is 12.7. The van der Waals surface area contributed by atoms with Crippen molar-refractivity contribution in [2.24, 2.45) is 0 Å². The number of H-pyrrole nitrogens is 1. The Labute approximate surface area is 91.6 Å². The molecule has 0 spiro atoms. The lowest BCUT2D eigenvalue weighted by Gasteiger charge is -2.12. The van der Waals surface area contributed by atoms with Crippen molar-refractivity contribution in [3.63, 3.8) is 0 Å². The minimum atomic E-state index is -0.234. The van der Waals surface area contributed by atoms with Crippen molar-refractivity contribution in [2.45, 2.75) is 13.0 Å². The minimum Gasteiger partial charge on any atom is -0.299 e. The van der Waals surface area contributed by atoms with E-state index in [1.54, 1.807) is 18.5 Å². The highest BCUT2D eigenvalue weighted by Crippen LogP contribution is 2.17. The molecule has 3 nitrogen and oxygen atoms in total. The lowest BCUT2D eigenvalue weighted by molar-refractivity contribution is 0.611. The van der Waals surface area contributed by atoms with E-state index in [0.29, 0.717) is 4.77 Å². The summed E-state index contributed by atoms with van der Waals surface area (Å²) in [5.74, 6) is -0.234. The van der Waals surface area contributed by atoms with Gasteiger partial charge in [-0.1, -0.05) is 12.1 Å². The van der Waals surface area contributed by atoms with Crippen molar-refractivity contribution in [1.29, 1.82) is 0 Å². The third-order valence-corrected chi connectivity index (χ3v) is 2.65. The molecular formula is C10H10FN3S. The lowest BCUT2D eigenvalue weighted by atomic mass is 10.1. The largest absolute Gasteiger partial charge is 0.299 e. The van der Waals surface area contributed by atoms with Crippen LogP contribution in [0.5, 0.6) is 0 Å². The first-order chi connectivity index (χ1) is 7.18. The van der Waals surface area contributed by atoms with Gasteiger partial charge in [-0.15, -0.1) is 0 Å². The number of rotatable bonds is 2. The van der Waals surface area contributed by atoms with E-state index >= 15 is 0 Å². The molecule has 78 valence electrons. The molecule has 0 fully saturated rings. The highest BCUT2D eigenvalue weighted by molar-refractivity contribution is 7.71. The fourth-order valence-electron chi connectivity index (χ4n) is 1.43. The number of aromatic nitrogens is 3. The highest BCUT2D eigenvalue weighted by Gasteiger charge is 2.08. The Morgan fingerprint density at radius 3 is 2.60 bits per heavy atom. The highest BCUT2D eigenvalue weighted by atomic mass is 32.1. The molecule has 0 radical (unpaired) electrons. The van der Waals surface area contributed by atoms with Crippen LogP contribution in [0, 0.1) is 10.6 Å². The molecule has 0 aliphatic rings. The second-order valence-corrected chi connectivity index (χ2v) is 3.68. The van der Waals surface area contributed by atoms with Gasteiger partial charge in [0.25, 0.3) is 0 Å². The molecule has 1 aromatic carbocycles. The Bertz CT molecular complexity index is 500. The van der Waals surface area contributed by atoms with Gasteiger partial charge in [0.15, 0.2) is 4.77 Å². The molecule has 1 atom stereocenters. The maximum atomic E-state index is 12.7. The van der Waals surface area contributed by atoms with E-state index in [-0.39, 0.29) is 11.9 Å². The molecule has 1 N–H and O–H groups in total. The number of halogens is 1. The molecule has 0 aliphatic heterocycles. The average molecular weight is 223 g/mol. The van der Waals surface area contributed by atoms with Gasteiger partial charge in [0.1, 0.15) is 12.1 Å². The fraction of sp³-hybridized carbons (Fsp3) is 0.200. The van der Waals surface area contributed by atoms with Gasteiger partial charge >= 0.3 is 0 Å². The Hall–Kier alpha value is -1.49. The van der Waals surface area contributed by atoms with Gasteiger partial charge < -0.3 is 0 Å². The molecule has 0 saturated carbocycles. The van der Waals surface area contributed by atoms with E-state index in [9.17, 15) is 4.39 Å². The number of hydrogen-bond donors (Lipinski definition) is 1. The van der Waals surface area contributed by atoms with Crippen molar-refractivity contribution in [3.05, 3.63) is 46.7 Å². The second-order valence-electron chi connectivity index (χ2n) is 3.30. The first-order valence-corrected chi connectivity index (χ1v) is 4.96. The van der Waals surface area contributed by atoms with E-state index in [0.717, 1.165) is 5.56 Å². The van der Waals surface area contributed by atoms with Crippen LogP contribution in [0.15, 0.2) is 30.6 Å². The van der Waals surface area contributed by atoms with Gasteiger partial charge in [-0.25, -0.2) is 4.39 Å². The third kappa shape index (κ3) is 1.97. The fourth-order valence-corrected chi connectivity index (χ4v) is 1.69. The molecule has 0 aliphatic carbocycles. The first kappa shape index (κ1) is 10.0. The molecule has 2 aromatic rings. The summed E-state index contributed by atoms with van der Waals surface area (Å²) >= 11 is 5.06. The molecule has 0 saturated heterocycles. The van der Waals surface area contributed by atoms with Gasteiger partial charge in [0.05, 0.1) is 6.04 Å². The predicted molar refractivity (Wildman–Crippen MR) is 57.6 cm³/mol. The monoisotopic (exact) mass is 223 g/mol. The van der Waals surface area contributed by atoms with Crippen molar-refractivity contribution < 1.29 is 4.39 Å². The summed E-state index contributed by atoms with van der Waals surface area (Å²) in [6.07, 6.45) is 1.64. The third-order valence-electron chi connectivity index (χ3n) is 2.35. The maximum Gasteiger partial charge on any atom is 0.195 e. The van der Waals surface area contributed by atoms with Crippen molar-refractivity contribution in [2.75, 3.05) is 0 Å². The summed E-state index contributed by atoms with van der Waals surface area (Å²) < 4.78 is 15.1. The Morgan fingerprint density at radius 1 is 1.40 bits per heavy atom. The molecule has 5 heteroatoms. The van der Waals surface area contributed by atoms with Gasteiger partial charge in [-0.3, -0.25) is 9.67 Å². The summed E-state index contributed by atoms with van der Waals surface area (Å²) in [6.45, 7) is 1.98. The molecule has 0 amide bonds. The van der Waals surface area contributed by atoms with Gasteiger partial charge in [-0.2, -0.15) is 5.10 Å². The lowest BCUT2D eigenvalue weighted by Crippen LogP contribution is -2.05. The van der Waals surface area contributed by atoms with E-state index in [4.69, 9.17) is 12.2 Å². The van der Waals surface area contributed by atoms with Crippen LogP contribution in [0.25, 0.3) is 0 Å². The molecule has 1 aromatic heterocycles. The minimum absolute atomic E-state index is 0.0526. The Morgan fingerprint density at radius 2 is 2.07 bits per heavy atom. The summed E-state index contributed by atoms with van der Waals surface area (Å²) in [7, 11) is 0. The van der Waals surface area contributed by atoms with E-state index in [1.807, 2.05) is 11.5 Å². The molecular weight excluding hydrogens is 213 g/mol. The molecule has 2 rings (SSSR count). The molecule has 1 unspecified atom stereocenters. The zero-order valence-corrected chi connectivity index (χ0v) is 8.96. The second kappa shape index (κ2) is 3.94. The smallest absolute Gasteiger partial charge is 0.195 e. The Balaban J connectivity index is 2.36. The zero-order chi connectivity index (χ0) is 10.8. The van der Waals surface area contributed by atoms with Gasteiger partial charge in [-0.05, 0) is 36.8 Å². The molecule has 15 heavy (non-hydrogen) atoms. The van der Waals surface area contributed by atoms with E-state index in [1.165, 1.54) is 12.1 Å². The van der Waals surface area contributed by atoms with Crippen LogP contribution in [0.4, 0.5) is 4.39 Å². The number of hydrogen-bond acceptors (Lipinski definition) is 2. The quantitative estimate of drug-likeness (QED) is 0.794. The average Bonchev–Trinajstić information content (AvgIpc) is 2.65. The van der Waals surface area contributed by atoms with E-state index in [2.05, 4.69) is 10.2 Å². The summed E-state index contributed by atoms with van der Waals surface area (Å²) in [5, 5.41) is 6.53. The Kier molecular flexibility index (Phi) is 2.64. The molecule has 1 heterocycles. The molecule has 0 bridgehead atoms. The number of nitrogens with zero attached hydrogens (tertiary/aromatic N) is 2. The van der Waals surface area contributed by atoms with Gasteiger partial charge in [0.2, 0.25) is 0 Å². The predicted octanol–water partition coefficient (Wildman–Crippen LogP) is 2.69. The number of aromatic amines is 1. The van der Waals surface area contributed by atoms with Crippen LogP contribution in [0.1, 0.15) is 18.5 Å². The van der Waals surface area contributed by atoms with Crippen LogP contribution in [-0.4, -0.2) is 14.8 Å². The van der Waals surface area contributed by atoms with Crippen LogP contribution in [-0.2, 0) is 0 Å². The van der Waals surface area contributed by atoms with Crippen LogP contribution >= 0.6 is 12.2 Å². The summed E-state index contributed by atoms with van der Waals surface area (Å²) in [6, 6.07) is 6.42. The van der Waals surface area contributed by atoms with Crippen LogP contribution in [0.2, 0.25) is 0 Å². The van der Waals surface area contributed by atoms with Crippen LogP contribution < -0.4 is 0 Å². The number of nitrogens with one attached hydrogen (secondary N) is 1. The standard InChI is InChI=1S/C10H10FN3S/c1-7(14-6-12-13-10(14)15)8-2-4-9(11)5-3-8/h2-7H,1H3,(H,13,15). The topological polar surface area (TPSA) is 33.6 Å². The van der Waals surface area contributed by atoms with Crippen molar-refractivity contribution >= 4 is 12.2 Å². The first-order valence-electron chi connectivity index (χ1n) is 4.55. The summed E-state index contributed by atoms with van der Waals surface area (Å²) in [5.41, 5.74) is 0.994.